The number of hydrogen-bond acceptors (Lipinski definition) is 3. The summed E-state index contributed by atoms with van der Waals surface area (Å²) in [6.07, 6.45) is 0.991. The maximum absolute atomic E-state index is 9.91. The molecule has 2 aromatic rings. The molecule has 1 aromatic carbocycles. The van der Waals surface area contributed by atoms with E-state index in [1.807, 2.05) is 36.4 Å². The lowest BCUT2D eigenvalue weighted by Gasteiger charge is -2.13. The van der Waals surface area contributed by atoms with E-state index >= 15 is 0 Å². The highest BCUT2D eigenvalue weighted by Crippen LogP contribution is 2.24. The highest BCUT2D eigenvalue weighted by molar-refractivity contribution is 5.79. The monoisotopic (exact) mass is 212 g/mol. The lowest BCUT2D eigenvalue weighted by molar-refractivity contribution is 0.143. The van der Waals surface area contributed by atoms with Gasteiger partial charge in [-0.3, -0.25) is 4.98 Å². The molecule has 2 unspecified atom stereocenters. The van der Waals surface area contributed by atoms with Crippen molar-refractivity contribution in [3.63, 3.8) is 0 Å². The average Bonchev–Trinajstić information content (AvgIpc) is 2.36. The van der Waals surface area contributed by atoms with Crippen LogP contribution in [0.15, 0.2) is 36.5 Å². The highest BCUT2D eigenvalue weighted by atomic mass is 16.3. The number of benzene rings is 1. The van der Waals surface area contributed by atoms with Gasteiger partial charge in [0.05, 0.1) is 23.6 Å². The molecule has 0 spiro atoms. The summed E-state index contributed by atoms with van der Waals surface area (Å²) in [6.45, 7) is 1.71. The number of nitrogens with zero attached hydrogens (tertiary/aromatic N) is 2. The summed E-state index contributed by atoms with van der Waals surface area (Å²) in [5, 5.41) is 19.6. The molecule has 16 heavy (non-hydrogen) atoms. The topological polar surface area (TPSA) is 56.9 Å². The van der Waals surface area contributed by atoms with Crippen LogP contribution in [0, 0.1) is 17.2 Å². The first kappa shape index (κ1) is 10.6. The fourth-order valence-corrected chi connectivity index (χ4v) is 1.64. The molecule has 0 radical (unpaired) electrons. The summed E-state index contributed by atoms with van der Waals surface area (Å²) in [6, 6.07) is 11.4. The third-order valence-electron chi connectivity index (χ3n) is 2.65. The predicted molar refractivity (Wildman–Crippen MR) is 61.5 cm³/mol. The van der Waals surface area contributed by atoms with Gasteiger partial charge in [0.15, 0.2) is 0 Å². The van der Waals surface area contributed by atoms with Gasteiger partial charge in [-0.2, -0.15) is 5.26 Å². The van der Waals surface area contributed by atoms with Crippen LogP contribution in [-0.4, -0.2) is 10.1 Å². The molecule has 1 aromatic heterocycles. The standard InChI is InChI=1S/C13H12N2O/c1-9(8-14)13(16)11-4-5-12-10(7-11)3-2-6-15-12/h2-7,9,13,16H,1H3. The van der Waals surface area contributed by atoms with Crippen molar-refractivity contribution in [2.45, 2.75) is 13.0 Å². The van der Waals surface area contributed by atoms with Gasteiger partial charge < -0.3 is 5.11 Å². The van der Waals surface area contributed by atoms with E-state index in [-0.39, 0.29) is 0 Å². The van der Waals surface area contributed by atoms with Gasteiger partial charge in [-0.15, -0.1) is 0 Å². The molecule has 0 saturated heterocycles. The summed E-state index contributed by atoms with van der Waals surface area (Å²) in [7, 11) is 0. The SMILES string of the molecule is CC(C#N)C(O)c1ccc2ncccc2c1. The fourth-order valence-electron chi connectivity index (χ4n) is 1.64. The fraction of sp³-hybridized carbons (Fsp3) is 0.231. The molecular weight excluding hydrogens is 200 g/mol. The molecule has 80 valence electrons. The van der Waals surface area contributed by atoms with Gasteiger partial charge in [0, 0.05) is 11.6 Å². The lowest BCUT2D eigenvalue weighted by Crippen LogP contribution is -2.06. The molecular formula is C13H12N2O. The third kappa shape index (κ3) is 1.88. The van der Waals surface area contributed by atoms with Gasteiger partial charge in [0.2, 0.25) is 0 Å². The van der Waals surface area contributed by atoms with E-state index in [2.05, 4.69) is 4.98 Å². The van der Waals surface area contributed by atoms with Gasteiger partial charge in [-0.1, -0.05) is 12.1 Å². The average molecular weight is 212 g/mol. The smallest absolute Gasteiger partial charge is 0.0945 e. The van der Waals surface area contributed by atoms with Crippen LogP contribution in [0.5, 0.6) is 0 Å². The number of fused-ring (bicyclic) bond motifs is 1. The summed E-state index contributed by atoms with van der Waals surface area (Å²) in [4.78, 5) is 4.20. The molecule has 2 atom stereocenters. The Morgan fingerprint density at radius 2 is 2.19 bits per heavy atom. The quantitative estimate of drug-likeness (QED) is 0.831. The van der Waals surface area contributed by atoms with Gasteiger partial charge in [0.25, 0.3) is 0 Å². The molecule has 3 heteroatoms. The zero-order valence-corrected chi connectivity index (χ0v) is 8.96. The molecule has 0 fully saturated rings. The van der Waals surface area contributed by atoms with Crippen LogP contribution in [0.4, 0.5) is 0 Å². The van der Waals surface area contributed by atoms with E-state index in [9.17, 15) is 5.11 Å². The maximum Gasteiger partial charge on any atom is 0.0945 e. The van der Waals surface area contributed by atoms with E-state index in [0.29, 0.717) is 0 Å². The molecule has 0 saturated carbocycles. The predicted octanol–water partition coefficient (Wildman–Crippen LogP) is 2.43. The van der Waals surface area contributed by atoms with Gasteiger partial charge >= 0.3 is 0 Å². The van der Waals surface area contributed by atoms with Crippen molar-refractivity contribution in [2.24, 2.45) is 5.92 Å². The molecule has 0 aliphatic rings. The number of aliphatic hydroxyl groups excluding tert-OH is 1. The van der Waals surface area contributed by atoms with Crippen LogP contribution < -0.4 is 0 Å². The van der Waals surface area contributed by atoms with Crippen LogP contribution in [-0.2, 0) is 0 Å². The largest absolute Gasteiger partial charge is 0.387 e. The van der Waals surface area contributed by atoms with E-state index in [0.717, 1.165) is 16.5 Å². The van der Waals surface area contributed by atoms with Gasteiger partial charge in [0.1, 0.15) is 0 Å². The molecule has 3 nitrogen and oxygen atoms in total. The Labute approximate surface area is 94.0 Å². The van der Waals surface area contributed by atoms with Crippen LogP contribution in [0.25, 0.3) is 10.9 Å². The minimum absolute atomic E-state index is 0.408. The van der Waals surface area contributed by atoms with Crippen molar-refractivity contribution in [3.05, 3.63) is 42.1 Å². The number of nitriles is 1. The first-order chi connectivity index (χ1) is 7.72. The number of hydrogen-bond donors (Lipinski definition) is 1. The first-order valence-electron chi connectivity index (χ1n) is 5.15. The zero-order valence-electron chi connectivity index (χ0n) is 8.96. The second-order valence-electron chi connectivity index (χ2n) is 3.82. The molecule has 0 bridgehead atoms. The third-order valence-corrected chi connectivity index (χ3v) is 2.65. The van der Waals surface area contributed by atoms with Crippen molar-refractivity contribution in [3.8, 4) is 6.07 Å². The number of aliphatic hydroxyl groups is 1. The van der Waals surface area contributed by atoms with E-state index < -0.39 is 12.0 Å². The molecule has 2 rings (SSSR count). The molecule has 0 amide bonds. The Balaban J connectivity index is 2.44. The lowest BCUT2D eigenvalue weighted by atomic mass is 9.97. The zero-order chi connectivity index (χ0) is 11.5. The second kappa shape index (κ2) is 4.30. The second-order valence-corrected chi connectivity index (χ2v) is 3.82. The summed E-state index contributed by atoms with van der Waals surface area (Å²) in [5.74, 6) is -0.408. The maximum atomic E-state index is 9.91. The Morgan fingerprint density at radius 1 is 1.38 bits per heavy atom. The molecule has 1 heterocycles. The molecule has 0 aliphatic heterocycles. The van der Waals surface area contributed by atoms with E-state index in [4.69, 9.17) is 5.26 Å². The van der Waals surface area contributed by atoms with Gasteiger partial charge in [-0.25, -0.2) is 0 Å². The Bertz CT molecular complexity index is 545. The van der Waals surface area contributed by atoms with Crippen LogP contribution in [0.3, 0.4) is 0 Å². The first-order valence-corrected chi connectivity index (χ1v) is 5.15. The molecule has 0 aliphatic carbocycles. The van der Waals surface area contributed by atoms with Crippen LogP contribution in [0.1, 0.15) is 18.6 Å². The van der Waals surface area contributed by atoms with Gasteiger partial charge in [-0.05, 0) is 30.7 Å². The number of aromatic nitrogens is 1. The van der Waals surface area contributed by atoms with Crippen molar-refractivity contribution >= 4 is 10.9 Å². The minimum Gasteiger partial charge on any atom is -0.387 e. The summed E-state index contributed by atoms with van der Waals surface area (Å²) >= 11 is 0. The summed E-state index contributed by atoms with van der Waals surface area (Å²) < 4.78 is 0. The number of pyridine rings is 1. The number of rotatable bonds is 2. The Kier molecular flexibility index (Phi) is 2.84. The molecule has 1 N–H and O–H groups in total. The van der Waals surface area contributed by atoms with Crippen molar-refractivity contribution in [2.75, 3.05) is 0 Å². The van der Waals surface area contributed by atoms with E-state index in [1.54, 1.807) is 13.1 Å². The van der Waals surface area contributed by atoms with E-state index in [1.165, 1.54) is 0 Å². The van der Waals surface area contributed by atoms with Crippen molar-refractivity contribution < 1.29 is 5.11 Å². The van der Waals surface area contributed by atoms with Crippen LogP contribution >= 0.6 is 0 Å². The van der Waals surface area contributed by atoms with Crippen molar-refractivity contribution in [1.29, 1.82) is 5.26 Å². The minimum atomic E-state index is -0.741. The normalized spacial score (nSPS) is 14.3. The summed E-state index contributed by atoms with van der Waals surface area (Å²) in [5.41, 5.74) is 1.65. The van der Waals surface area contributed by atoms with Crippen molar-refractivity contribution in [1.82, 2.24) is 4.98 Å². The van der Waals surface area contributed by atoms with Crippen LogP contribution in [0.2, 0.25) is 0 Å². The Hall–Kier alpha value is -1.92. The highest BCUT2D eigenvalue weighted by Gasteiger charge is 2.15. The Morgan fingerprint density at radius 3 is 2.94 bits per heavy atom.